The fourth-order valence-corrected chi connectivity index (χ4v) is 3.76. The average Bonchev–Trinajstić information content (AvgIpc) is 3.33. The first-order valence-corrected chi connectivity index (χ1v) is 9.50. The minimum absolute atomic E-state index is 0.133. The van der Waals surface area contributed by atoms with E-state index in [1.807, 2.05) is 19.2 Å². The summed E-state index contributed by atoms with van der Waals surface area (Å²) in [5.74, 6) is 1.60. The molecule has 1 atom stereocenters. The van der Waals surface area contributed by atoms with E-state index in [0.29, 0.717) is 18.4 Å². The molecule has 8 heteroatoms. The van der Waals surface area contributed by atoms with E-state index in [-0.39, 0.29) is 12.2 Å². The second kappa shape index (κ2) is 6.37. The van der Waals surface area contributed by atoms with Crippen LogP contribution in [0.2, 0.25) is 0 Å². The number of ether oxygens (including phenoxy) is 1. The van der Waals surface area contributed by atoms with Gasteiger partial charge in [-0.05, 0) is 38.7 Å². The fraction of sp³-hybridized carbons (Fsp3) is 0.474. The molecule has 2 aliphatic rings. The second-order valence-electron chi connectivity index (χ2n) is 7.39. The number of aryl methyl sites for hydroxylation is 1. The predicted octanol–water partition coefficient (Wildman–Crippen LogP) is 2.67. The Morgan fingerprint density at radius 2 is 2.22 bits per heavy atom. The van der Waals surface area contributed by atoms with Crippen molar-refractivity contribution in [2.75, 3.05) is 18.0 Å². The SMILES string of the molecule is Cc1nc(N2CCCC(OC(=O)NC3CC3)C2)c2c(cnc3[nH]ccc32)n1. The molecule has 1 aliphatic carbocycles. The van der Waals surface area contributed by atoms with Gasteiger partial charge in [-0.25, -0.2) is 19.7 Å². The van der Waals surface area contributed by atoms with E-state index >= 15 is 0 Å². The maximum absolute atomic E-state index is 12.0. The van der Waals surface area contributed by atoms with Crippen molar-refractivity contribution in [2.45, 2.75) is 44.8 Å². The lowest BCUT2D eigenvalue weighted by Gasteiger charge is -2.33. The van der Waals surface area contributed by atoms with Crippen molar-refractivity contribution in [2.24, 2.45) is 0 Å². The molecular weight excluding hydrogens is 344 g/mol. The molecule has 1 aliphatic heterocycles. The number of aromatic amines is 1. The van der Waals surface area contributed by atoms with Crippen LogP contribution in [-0.4, -0.2) is 51.3 Å². The van der Waals surface area contributed by atoms with E-state index in [4.69, 9.17) is 9.72 Å². The maximum atomic E-state index is 12.0. The Kier molecular flexibility index (Phi) is 3.84. The summed E-state index contributed by atoms with van der Waals surface area (Å²) in [7, 11) is 0. The highest BCUT2D eigenvalue weighted by atomic mass is 16.6. The first-order valence-electron chi connectivity index (χ1n) is 9.50. The van der Waals surface area contributed by atoms with Crippen molar-refractivity contribution in [1.82, 2.24) is 25.3 Å². The summed E-state index contributed by atoms with van der Waals surface area (Å²) in [6, 6.07) is 2.31. The van der Waals surface area contributed by atoms with Gasteiger partial charge >= 0.3 is 6.09 Å². The number of hydrogen-bond donors (Lipinski definition) is 2. The van der Waals surface area contributed by atoms with Crippen LogP contribution in [0.25, 0.3) is 21.9 Å². The zero-order valence-corrected chi connectivity index (χ0v) is 15.2. The Hall–Kier alpha value is -2.90. The molecule has 2 N–H and O–H groups in total. The zero-order valence-electron chi connectivity index (χ0n) is 15.2. The van der Waals surface area contributed by atoms with Crippen LogP contribution in [0.15, 0.2) is 18.5 Å². The van der Waals surface area contributed by atoms with Crippen LogP contribution >= 0.6 is 0 Å². The number of fused-ring (bicyclic) bond motifs is 3. The first-order chi connectivity index (χ1) is 13.2. The van der Waals surface area contributed by atoms with Crippen LogP contribution in [-0.2, 0) is 4.74 Å². The number of nitrogens with one attached hydrogen (secondary N) is 2. The molecular formula is C19H22N6O2. The number of amides is 1. The van der Waals surface area contributed by atoms with Crippen LogP contribution in [0.1, 0.15) is 31.5 Å². The lowest BCUT2D eigenvalue weighted by atomic mass is 10.1. The van der Waals surface area contributed by atoms with Gasteiger partial charge in [0.1, 0.15) is 23.4 Å². The first kappa shape index (κ1) is 16.3. The molecule has 5 rings (SSSR count). The minimum atomic E-state index is -0.301. The van der Waals surface area contributed by atoms with E-state index in [2.05, 4.69) is 25.2 Å². The Balaban J connectivity index is 1.46. The summed E-state index contributed by atoms with van der Waals surface area (Å²) in [6.45, 7) is 3.41. The highest BCUT2D eigenvalue weighted by Crippen LogP contribution is 2.32. The smallest absolute Gasteiger partial charge is 0.407 e. The molecule has 3 aromatic heterocycles. The molecule has 140 valence electrons. The average molecular weight is 366 g/mol. The van der Waals surface area contributed by atoms with Crippen LogP contribution in [0.4, 0.5) is 10.6 Å². The van der Waals surface area contributed by atoms with E-state index in [1.54, 1.807) is 6.20 Å². The number of carbonyl (C=O) groups excluding carboxylic acids is 1. The summed E-state index contributed by atoms with van der Waals surface area (Å²) in [5.41, 5.74) is 1.66. The van der Waals surface area contributed by atoms with Crippen molar-refractivity contribution < 1.29 is 9.53 Å². The highest BCUT2D eigenvalue weighted by Gasteiger charge is 2.29. The van der Waals surface area contributed by atoms with E-state index in [1.165, 1.54) is 0 Å². The lowest BCUT2D eigenvalue weighted by molar-refractivity contribution is 0.0879. The predicted molar refractivity (Wildman–Crippen MR) is 102 cm³/mol. The van der Waals surface area contributed by atoms with Crippen molar-refractivity contribution in [3.8, 4) is 0 Å². The third-order valence-electron chi connectivity index (χ3n) is 5.19. The van der Waals surface area contributed by atoms with Gasteiger partial charge in [0.15, 0.2) is 0 Å². The molecule has 1 amide bonds. The van der Waals surface area contributed by atoms with Gasteiger partial charge in [-0.15, -0.1) is 0 Å². The van der Waals surface area contributed by atoms with Crippen LogP contribution in [0.5, 0.6) is 0 Å². The van der Waals surface area contributed by atoms with Crippen molar-refractivity contribution in [1.29, 1.82) is 0 Å². The summed E-state index contributed by atoms with van der Waals surface area (Å²) < 4.78 is 5.66. The molecule has 2 fully saturated rings. The number of alkyl carbamates (subject to hydrolysis) is 1. The number of carbonyl (C=O) groups is 1. The topological polar surface area (TPSA) is 96.0 Å². The van der Waals surface area contributed by atoms with Crippen LogP contribution in [0.3, 0.4) is 0 Å². The number of piperidine rings is 1. The number of aromatic nitrogens is 4. The Morgan fingerprint density at radius 1 is 1.33 bits per heavy atom. The van der Waals surface area contributed by atoms with Gasteiger partial charge in [0.2, 0.25) is 0 Å². The maximum Gasteiger partial charge on any atom is 0.407 e. The number of rotatable bonds is 3. The molecule has 0 bridgehead atoms. The Morgan fingerprint density at radius 3 is 3.07 bits per heavy atom. The fourth-order valence-electron chi connectivity index (χ4n) is 3.76. The molecule has 0 radical (unpaired) electrons. The molecule has 1 saturated carbocycles. The molecule has 27 heavy (non-hydrogen) atoms. The van der Waals surface area contributed by atoms with E-state index in [9.17, 15) is 4.79 Å². The third-order valence-corrected chi connectivity index (χ3v) is 5.19. The highest BCUT2D eigenvalue weighted by molar-refractivity contribution is 6.09. The summed E-state index contributed by atoms with van der Waals surface area (Å²) >= 11 is 0. The Labute approximate surface area is 156 Å². The van der Waals surface area contributed by atoms with Crippen molar-refractivity contribution >= 4 is 33.8 Å². The van der Waals surface area contributed by atoms with Gasteiger partial charge in [-0.3, -0.25) is 0 Å². The number of hydrogen-bond acceptors (Lipinski definition) is 6. The molecule has 0 spiro atoms. The Bertz CT molecular complexity index is 1010. The summed E-state index contributed by atoms with van der Waals surface area (Å²) in [4.78, 5) is 31.1. The molecule has 0 aromatic carbocycles. The molecule has 1 saturated heterocycles. The monoisotopic (exact) mass is 366 g/mol. The zero-order chi connectivity index (χ0) is 18.4. The molecule has 3 aromatic rings. The largest absolute Gasteiger partial charge is 0.444 e. The van der Waals surface area contributed by atoms with E-state index < -0.39 is 0 Å². The quantitative estimate of drug-likeness (QED) is 0.740. The summed E-state index contributed by atoms with van der Waals surface area (Å²) in [5, 5.41) is 4.90. The molecule has 8 nitrogen and oxygen atoms in total. The number of nitrogens with zero attached hydrogens (tertiary/aromatic N) is 4. The van der Waals surface area contributed by atoms with Crippen LogP contribution in [0, 0.1) is 6.92 Å². The van der Waals surface area contributed by atoms with Crippen molar-refractivity contribution in [3.05, 3.63) is 24.3 Å². The number of pyridine rings is 1. The standard InChI is InChI=1S/C19H22N6O2/c1-11-22-15-9-21-17-14(6-7-20-17)16(15)18(23-11)25-8-2-3-13(10-25)27-19(26)24-12-4-5-12/h6-7,9,12-13H,2-5,8,10H2,1H3,(H,20,21)(H,24,26). The van der Waals surface area contributed by atoms with Crippen LogP contribution < -0.4 is 10.2 Å². The van der Waals surface area contributed by atoms with Gasteiger partial charge in [-0.2, -0.15) is 0 Å². The second-order valence-corrected chi connectivity index (χ2v) is 7.39. The number of H-pyrrole nitrogens is 1. The lowest BCUT2D eigenvalue weighted by Crippen LogP contribution is -2.43. The third kappa shape index (κ3) is 3.15. The minimum Gasteiger partial charge on any atom is -0.444 e. The number of anilines is 1. The van der Waals surface area contributed by atoms with Gasteiger partial charge in [0.25, 0.3) is 0 Å². The van der Waals surface area contributed by atoms with E-state index in [0.717, 1.165) is 60.0 Å². The molecule has 4 heterocycles. The van der Waals surface area contributed by atoms with Gasteiger partial charge < -0.3 is 19.9 Å². The summed E-state index contributed by atoms with van der Waals surface area (Å²) in [6.07, 6.45) is 7.16. The normalized spacial score (nSPS) is 20.2. The molecule has 1 unspecified atom stereocenters. The van der Waals surface area contributed by atoms with Gasteiger partial charge in [-0.1, -0.05) is 0 Å². The van der Waals surface area contributed by atoms with Gasteiger partial charge in [0.05, 0.1) is 23.6 Å². The van der Waals surface area contributed by atoms with Gasteiger partial charge in [0, 0.05) is 24.2 Å². The van der Waals surface area contributed by atoms with Crippen molar-refractivity contribution in [3.63, 3.8) is 0 Å².